The maximum absolute atomic E-state index is 4.35. The first kappa shape index (κ1) is 11.9. The van der Waals surface area contributed by atoms with Crippen LogP contribution in [0.4, 0.5) is 0 Å². The molecule has 0 unspecified atom stereocenters. The minimum atomic E-state index is 0.778. The first-order valence-corrected chi connectivity index (χ1v) is 7.39. The Morgan fingerprint density at radius 2 is 2.28 bits per heavy atom. The molecule has 94 valence electrons. The van der Waals surface area contributed by atoms with E-state index in [1.807, 2.05) is 11.6 Å². The zero-order chi connectivity index (χ0) is 12.4. The Hall–Kier alpha value is -1.19. The Balaban J connectivity index is 1.67. The van der Waals surface area contributed by atoms with Gasteiger partial charge in [-0.15, -0.1) is 11.3 Å². The SMILES string of the molecule is Cc1cc(CNC2CC2)ccc1Cc1nccs1. The van der Waals surface area contributed by atoms with Crippen molar-refractivity contribution in [2.24, 2.45) is 0 Å². The molecule has 1 aromatic heterocycles. The first-order valence-electron chi connectivity index (χ1n) is 6.51. The fraction of sp³-hybridized carbons (Fsp3) is 0.400. The monoisotopic (exact) mass is 258 g/mol. The second-order valence-corrected chi connectivity index (χ2v) is 6.00. The Morgan fingerprint density at radius 3 is 2.94 bits per heavy atom. The van der Waals surface area contributed by atoms with Gasteiger partial charge in [0.05, 0.1) is 5.01 Å². The quantitative estimate of drug-likeness (QED) is 0.890. The predicted molar refractivity (Wildman–Crippen MR) is 76.0 cm³/mol. The second kappa shape index (κ2) is 5.21. The van der Waals surface area contributed by atoms with E-state index in [2.05, 4.69) is 35.4 Å². The summed E-state index contributed by atoms with van der Waals surface area (Å²) in [5.41, 5.74) is 4.16. The number of nitrogens with zero attached hydrogens (tertiary/aromatic N) is 1. The molecule has 0 atom stereocenters. The van der Waals surface area contributed by atoms with Gasteiger partial charge >= 0.3 is 0 Å². The zero-order valence-electron chi connectivity index (χ0n) is 10.6. The van der Waals surface area contributed by atoms with Gasteiger partial charge in [0.25, 0.3) is 0 Å². The fourth-order valence-corrected chi connectivity index (χ4v) is 2.76. The van der Waals surface area contributed by atoms with Gasteiger partial charge in [-0.05, 0) is 36.5 Å². The van der Waals surface area contributed by atoms with Crippen molar-refractivity contribution in [2.45, 2.75) is 38.8 Å². The molecule has 1 aliphatic carbocycles. The van der Waals surface area contributed by atoms with E-state index in [1.165, 1.54) is 34.5 Å². The van der Waals surface area contributed by atoms with Crippen LogP contribution in [0.3, 0.4) is 0 Å². The third-order valence-corrected chi connectivity index (χ3v) is 4.18. The van der Waals surface area contributed by atoms with Gasteiger partial charge in [0.15, 0.2) is 0 Å². The highest BCUT2D eigenvalue weighted by molar-refractivity contribution is 7.09. The minimum Gasteiger partial charge on any atom is -0.310 e. The molecule has 0 saturated heterocycles. The number of benzene rings is 1. The van der Waals surface area contributed by atoms with Gasteiger partial charge < -0.3 is 5.32 Å². The second-order valence-electron chi connectivity index (χ2n) is 5.02. The number of hydrogen-bond acceptors (Lipinski definition) is 3. The van der Waals surface area contributed by atoms with Crippen LogP contribution in [0.25, 0.3) is 0 Å². The number of nitrogens with one attached hydrogen (secondary N) is 1. The Kier molecular flexibility index (Phi) is 3.43. The van der Waals surface area contributed by atoms with Gasteiger partial charge in [0.2, 0.25) is 0 Å². The van der Waals surface area contributed by atoms with E-state index in [0.717, 1.165) is 19.0 Å². The normalized spacial score (nSPS) is 14.9. The molecule has 1 saturated carbocycles. The lowest BCUT2D eigenvalue weighted by atomic mass is 10.0. The summed E-state index contributed by atoms with van der Waals surface area (Å²) in [7, 11) is 0. The summed E-state index contributed by atoms with van der Waals surface area (Å²) in [4.78, 5) is 4.35. The van der Waals surface area contributed by atoms with Crippen molar-refractivity contribution < 1.29 is 0 Å². The van der Waals surface area contributed by atoms with Crippen LogP contribution in [0.15, 0.2) is 29.8 Å². The van der Waals surface area contributed by atoms with E-state index in [0.29, 0.717) is 0 Å². The van der Waals surface area contributed by atoms with Gasteiger partial charge in [0, 0.05) is 30.6 Å². The number of aromatic nitrogens is 1. The topological polar surface area (TPSA) is 24.9 Å². The molecular weight excluding hydrogens is 240 g/mol. The molecule has 1 aromatic carbocycles. The highest BCUT2D eigenvalue weighted by atomic mass is 32.1. The lowest BCUT2D eigenvalue weighted by Gasteiger charge is -2.08. The zero-order valence-corrected chi connectivity index (χ0v) is 11.5. The summed E-state index contributed by atoms with van der Waals surface area (Å²) in [6.07, 6.45) is 5.53. The summed E-state index contributed by atoms with van der Waals surface area (Å²) in [6.45, 7) is 3.20. The number of aryl methyl sites for hydroxylation is 1. The van der Waals surface area contributed by atoms with E-state index in [9.17, 15) is 0 Å². The molecule has 3 heteroatoms. The van der Waals surface area contributed by atoms with E-state index in [-0.39, 0.29) is 0 Å². The summed E-state index contributed by atoms with van der Waals surface area (Å²) in [5.74, 6) is 0. The fourth-order valence-electron chi connectivity index (χ4n) is 2.12. The summed E-state index contributed by atoms with van der Waals surface area (Å²) in [6, 6.07) is 7.57. The summed E-state index contributed by atoms with van der Waals surface area (Å²) in [5, 5.41) is 6.79. The Morgan fingerprint density at radius 1 is 1.39 bits per heavy atom. The van der Waals surface area contributed by atoms with Crippen LogP contribution in [0.1, 0.15) is 34.5 Å². The van der Waals surface area contributed by atoms with Gasteiger partial charge in [-0.3, -0.25) is 0 Å². The van der Waals surface area contributed by atoms with Crippen LogP contribution in [-0.4, -0.2) is 11.0 Å². The van der Waals surface area contributed by atoms with Crippen molar-refractivity contribution in [3.8, 4) is 0 Å². The van der Waals surface area contributed by atoms with Crippen molar-refractivity contribution in [1.82, 2.24) is 10.3 Å². The van der Waals surface area contributed by atoms with Crippen molar-refractivity contribution in [3.05, 3.63) is 51.5 Å². The highest BCUT2D eigenvalue weighted by Gasteiger charge is 2.19. The third kappa shape index (κ3) is 2.98. The van der Waals surface area contributed by atoms with Crippen LogP contribution in [0, 0.1) is 6.92 Å². The van der Waals surface area contributed by atoms with Crippen molar-refractivity contribution >= 4 is 11.3 Å². The van der Waals surface area contributed by atoms with Crippen molar-refractivity contribution in [1.29, 1.82) is 0 Å². The van der Waals surface area contributed by atoms with Gasteiger partial charge in [0.1, 0.15) is 0 Å². The van der Waals surface area contributed by atoms with E-state index in [4.69, 9.17) is 0 Å². The molecule has 0 spiro atoms. The third-order valence-electron chi connectivity index (χ3n) is 3.40. The van der Waals surface area contributed by atoms with Gasteiger partial charge in [-0.25, -0.2) is 4.98 Å². The molecule has 3 rings (SSSR count). The molecule has 2 nitrogen and oxygen atoms in total. The standard InChI is InChI=1S/C15H18N2S/c1-11-8-12(10-17-14-4-5-14)2-3-13(11)9-15-16-6-7-18-15/h2-3,6-8,14,17H,4-5,9-10H2,1H3. The Bertz CT molecular complexity index is 515. The molecule has 0 amide bonds. The first-order chi connectivity index (χ1) is 8.81. The molecule has 1 aliphatic rings. The molecule has 1 fully saturated rings. The van der Waals surface area contributed by atoms with E-state index >= 15 is 0 Å². The lowest BCUT2D eigenvalue weighted by molar-refractivity contribution is 0.687. The van der Waals surface area contributed by atoms with Crippen molar-refractivity contribution in [3.63, 3.8) is 0 Å². The minimum absolute atomic E-state index is 0.778. The van der Waals surface area contributed by atoms with Gasteiger partial charge in [-0.2, -0.15) is 0 Å². The smallest absolute Gasteiger partial charge is 0.0968 e. The Labute approximate surface area is 112 Å². The predicted octanol–water partition coefficient (Wildman–Crippen LogP) is 3.29. The van der Waals surface area contributed by atoms with E-state index in [1.54, 1.807) is 11.3 Å². The maximum Gasteiger partial charge on any atom is 0.0968 e. The van der Waals surface area contributed by atoms with Crippen LogP contribution in [0.2, 0.25) is 0 Å². The molecule has 1 N–H and O–H groups in total. The summed E-state index contributed by atoms with van der Waals surface area (Å²) >= 11 is 1.73. The average molecular weight is 258 g/mol. The number of hydrogen-bond donors (Lipinski definition) is 1. The molecule has 1 heterocycles. The molecule has 0 radical (unpaired) electrons. The molecule has 0 bridgehead atoms. The molecule has 0 aliphatic heterocycles. The van der Waals surface area contributed by atoms with Crippen LogP contribution in [-0.2, 0) is 13.0 Å². The van der Waals surface area contributed by atoms with Crippen molar-refractivity contribution in [2.75, 3.05) is 0 Å². The lowest BCUT2D eigenvalue weighted by Crippen LogP contribution is -2.15. The number of thiazole rings is 1. The van der Waals surface area contributed by atoms with Gasteiger partial charge in [-0.1, -0.05) is 18.2 Å². The number of rotatable bonds is 5. The maximum atomic E-state index is 4.35. The average Bonchev–Trinajstić information content (AvgIpc) is 3.06. The van der Waals surface area contributed by atoms with Crippen LogP contribution in [0.5, 0.6) is 0 Å². The van der Waals surface area contributed by atoms with Crippen LogP contribution >= 0.6 is 11.3 Å². The van der Waals surface area contributed by atoms with E-state index < -0.39 is 0 Å². The molecule has 18 heavy (non-hydrogen) atoms. The van der Waals surface area contributed by atoms with Crippen LogP contribution < -0.4 is 5.32 Å². The highest BCUT2D eigenvalue weighted by Crippen LogP contribution is 2.20. The molecular formula is C15H18N2S. The summed E-state index contributed by atoms with van der Waals surface area (Å²) < 4.78 is 0. The largest absolute Gasteiger partial charge is 0.310 e. The molecule has 2 aromatic rings.